The molecule has 3 rings (SSSR count). The molecule has 108 valence electrons. The van der Waals surface area contributed by atoms with Crippen LogP contribution in [-0.4, -0.2) is 42.8 Å². The number of hydrogen-bond donors (Lipinski definition) is 2. The van der Waals surface area contributed by atoms with Crippen molar-refractivity contribution in [2.45, 2.75) is 24.9 Å². The molecule has 3 heterocycles. The van der Waals surface area contributed by atoms with Crippen LogP contribution in [0.15, 0.2) is 16.0 Å². The third-order valence-electron chi connectivity index (χ3n) is 3.25. The molecule has 1 aromatic rings. The summed E-state index contributed by atoms with van der Waals surface area (Å²) in [5.74, 6) is -0.355. The Labute approximate surface area is 115 Å². The van der Waals surface area contributed by atoms with Crippen LogP contribution in [0.1, 0.15) is 35.4 Å². The summed E-state index contributed by atoms with van der Waals surface area (Å²) in [6.45, 7) is 0.888. The number of carbonyl (C=O) groups excluding carboxylic acids is 1. The van der Waals surface area contributed by atoms with Gasteiger partial charge in [-0.1, -0.05) is 5.16 Å². The second kappa shape index (κ2) is 4.98. The van der Waals surface area contributed by atoms with E-state index < -0.39 is 21.8 Å². The highest BCUT2D eigenvalue weighted by Gasteiger charge is 2.27. The van der Waals surface area contributed by atoms with Crippen LogP contribution >= 0.6 is 0 Å². The molecule has 0 bridgehead atoms. The lowest BCUT2D eigenvalue weighted by molar-refractivity contribution is 0.0934. The lowest BCUT2D eigenvalue weighted by Gasteiger charge is -2.06. The van der Waals surface area contributed by atoms with E-state index in [1.165, 1.54) is 6.08 Å². The van der Waals surface area contributed by atoms with Gasteiger partial charge >= 0.3 is 0 Å². The number of hydrogen-bond acceptors (Lipinski definition) is 7. The molecule has 2 aliphatic heterocycles. The number of amides is 1. The Kier molecular flexibility index (Phi) is 3.30. The Hall–Kier alpha value is -1.74. The van der Waals surface area contributed by atoms with Gasteiger partial charge in [-0.25, -0.2) is 8.42 Å². The van der Waals surface area contributed by atoms with Gasteiger partial charge in [0.25, 0.3) is 11.7 Å². The molecule has 1 saturated heterocycles. The Bertz CT molecular complexity index is 645. The second-order valence-corrected chi connectivity index (χ2v) is 6.77. The summed E-state index contributed by atoms with van der Waals surface area (Å²) in [6.07, 6.45) is 3.36. The topological polar surface area (TPSA) is 114 Å². The molecule has 2 atom stereocenters. The van der Waals surface area contributed by atoms with Crippen molar-refractivity contribution >= 4 is 15.7 Å². The third-order valence-corrected chi connectivity index (χ3v) is 4.65. The summed E-state index contributed by atoms with van der Waals surface area (Å²) in [5, 5.41) is 10.5. The first kappa shape index (κ1) is 13.3. The lowest BCUT2D eigenvalue weighted by atomic mass is 10.2. The van der Waals surface area contributed by atoms with Gasteiger partial charge in [0.05, 0.1) is 17.8 Å². The van der Waals surface area contributed by atoms with Gasteiger partial charge in [0.15, 0.2) is 9.84 Å². The van der Waals surface area contributed by atoms with E-state index >= 15 is 0 Å². The fourth-order valence-corrected chi connectivity index (χ4v) is 3.50. The lowest BCUT2D eigenvalue weighted by Crippen LogP contribution is -2.36. The van der Waals surface area contributed by atoms with E-state index in [4.69, 9.17) is 4.52 Å². The van der Waals surface area contributed by atoms with Gasteiger partial charge in [-0.3, -0.25) is 4.79 Å². The van der Waals surface area contributed by atoms with Crippen molar-refractivity contribution in [3.8, 4) is 0 Å². The highest BCUT2D eigenvalue weighted by atomic mass is 32.2. The number of sulfone groups is 1. The zero-order chi connectivity index (χ0) is 14.2. The van der Waals surface area contributed by atoms with Crippen molar-refractivity contribution in [2.24, 2.45) is 0 Å². The third kappa shape index (κ3) is 2.73. The highest BCUT2D eigenvalue weighted by Crippen LogP contribution is 2.21. The van der Waals surface area contributed by atoms with Crippen molar-refractivity contribution in [1.29, 1.82) is 0 Å². The standard InChI is InChI=1S/C11H14N4O4S/c16-10(13-7-3-5-20(17,18)6-7)9-14-11(19-15-9)8-2-1-4-12-8/h3,5,7-8,12H,1-2,4,6H2,(H,13,16). The van der Waals surface area contributed by atoms with Crippen LogP contribution in [0.3, 0.4) is 0 Å². The molecule has 1 fully saturated rings. The van der Waals surface area contributed by atoms with E-state index in [1.807, 2.05) is 0 Å². The van der Waals surface area contributed by atoms with Crippen molar-refractivity contribution in [1.82, 2.24) is 20.8 Å². The van der Waals surface area contributed by atoms with E-state index in [-0.39, 0.29) is 17.6 Å². The quantitative estimate of drug-likeness (QED) is 0.775. The second-order valence-electron chi connectivity index (χ2n) is 4.84. The van der Waals surface area contributed by atoms with E-state index in [2.05, 4.69) is 20.8 Å². The molecule has 0 radical (unpaired) electrons. The molecule has 1 amide bonds. The largest absolute Gasteiger partial charge is 0.342 e. The van der Waals surface area contributed by atoms with Gasteiger partial charge in [0.2, 0.25) is 5.89 Å². The SMILES string of the molecule is O=C(NC1C=CS(=O)(=O)C1)c1noc(C2CCCN2)n1. The number of aromatic nitrogens is 2. The van der Waals surface area contributed by atoms with Crippen LogP contribution in [0.2, 0.25) is 0 Å². The van der Waals surface area contributed by atoms with Gasteiger partial charge in [-0.2, -0.15) is 4.98 Å². The average Bonchev–Trinajstić information content (AvgIpc) is 3.08. The minimum absolute atomic E-state index is 0.00389. The Morgan fingerprint density at radius 2 is 2.35 bits per heavy atom. The number of nitrogens with one attached hydrogen (secondary N) is 2. The van der Waals surface area contributed by atoms with Crippen LogP contribution in [-0.2, 0) is 9.84 Å². The molecular weight excluding hydrogens is 284 g/mol. The van der Waals surface area contributed by atoms with E-state index in [1.54, 1.807) is 0 Å². The first-order valence-electron chi connectivity index (χ1n) is 6.32. The van der Waals surface area contributed by atoms with Crippen LogP contribution in [0.5, 0.6) is 0 Å². The number of carbonyl (C=O) groups is 1. The van der Waals surface area contributed by atoms with E-state index in [0.29, 0.717) is 5.89 Å². The zero-order valence-electron chi connectivity index (χ0n) is 10.6. The number of rotatable bonds is 3. The van der Waals surface area contributed by atoms with Crippen LogP contribution < -0.4 is 10.6 Å². The minimum atomic E-state index is -3.20. The van der Waals surface area contributed by atoms with Crippen molar-refractivity contribution in [3.63, 3.8) is 0 Å². The summed E-state index contributed by atoms with van der Waals surface area (Å²) < 4.78 is 27.5. The first-order valence-corrected chi connectivity index (χ1v) is 8.04. The molecule has 9 heteroatoms. The Morgan fingerprint density at radius 3 is 3.00 bits per heavy atom. The smallest absolute Gasteiger partial charge is 0.293 e. The maximum absolute atomic E-state index is 11.9. The Morgan fingerprint density at radius 1 is 1.50 bits per heavy atom. The summed E-state index contributed by atoms with van der Waals surface area (Å²) in [5.41, 5.74) is 0. The summed E-state index contributed by atoms with van der Waals surface area (Å²) in [4.78, 5) is 15.9. The van der Waals surface area contributed by atoms with Gasteiger partial charge < -0.3 is 15.2 Å². The van der Waals surface area contributed by atoms with E-state index in [9.17, 15) is 13.2 Å². The molecule has 2 aliphatic rings. The van der Waals surface area contributed by atoms with Gasteiger partial charge in [-0.05, 0) is 25.5 Å². The van der Waals surface area contributed by atoms with Crippen molar-refractivity contribution in [2.75, 3.05) is 12.3 Å². The molecular formula is C11H14N4O4S. The van der Waals surface area contributed by atoms with Crippen LogP contribution in [0, 0.1) is 0 Å². The summed E-state index contributed by atoms with van der Waals surface area (Å²) in [7, 11) is -3.20. The molecule has 1 aromatic heterocycles. The first-order chi connectivity index (χ1) is 9.53. The van der Waals surface area contributed by atoms with Gasteiger partial charge in [0.1, 0.15) is 0 Å². The monoisotopic (exact) mass is 298 g/mol. The Balaban J connectivity index is 1.64. The molecule has 20 heavy (non-hydrogen) atoms. The van der Waals surface area contributed by atoms with Gasteiger partial charge in [0, 0.05) is 5.41 Å². The predicted octanol–water partition coefficient (Wildman–Crippen LogP) is -0.465. The molecule has 0 saturated carbocycles. The number of nitrogens with zero attached hydrogens (tertiary/aromatic N) is 2. The zero-order valence-corrected chi connectivity index (χ0v) is 11.4. The maximum atomic E-state index is 11.9. The molecule has 0 aromatic carbocycles. The molecule has 0 aliphatic carbocycles. The fraction of sp³-hybridized carbons (Fsp3) is 0.545. The minimum Gasteiger partial charge on any atom is -0.342 e. The summed E-state index contributed by atoms with van der Waals surface area (Å²) >= 11 is 0. The predicted molar refractivity (Wildman–Crippen MR) is 68.5 cm³/mol. The van der Waals surface area contributed by atoms with Crippen LogP contribution in [0.4, 0.5) is 0 Å². The molecule has 2 N–H and O–H groups in total. The maximum Gasteiger partial charge on any atom is 0.293 e. The summed E-state index contributed by atoms with van der Waals surface area (Å²) in [6, 6.07) is -0.546. The molecule has 2 unspecified atom stereocenters. The average molecular weight is 298 g/mol. The van der Waals surface area contributed by atoms with Crippen LogP contribution in [0.25, 0.3) is 0 Å². The normalized spacial score (nSPS) is 27.8. The highest BCUT2D eigenvalue weighted by molar-refractivity contribution is 7.94. The molecule has 8 nitrogen and oxygen atoms in total. The van der Waals surface area contributed by atoms with Crippen molar-refractivity contribution in [3.05, 3.63) is 23.2 Å². The van der Waals surface area contributed by atoms with E-state index in [0.717, 1.165) is 24.8 Å². The fourth-order valence-electron chi connectivity index (χ4n) is 2.26. The van der Waals surface area contributed by atoms with Crippen molar-refractivity contribution < 1.29 is 17.7 Å². The molecule has 0 spiro atoms. The van der Waals surface area contributed by atoms with Gasteiger partial charge in [-0.15, -0.1) is 0 Å².